The molecule has 0 spiro atoms. The van der Waals surface area contributed by atoms with Gasteiger partial charge in [0.05, 0.1) is 5.69 Å². The molecule has 0 saturated heterocycles. The van der Waals surface area contributed by atoms with E-state index in [1.807, 2.05) is 6.92 Å². The lowest BCUT2D eigenvalue weighted by Crippen LogP contribution is -2.07. The summed E-state index contributed by atoms with van der Waals surface area (Å²) in [6.07, 6.45) is -1.64. The van der Waals surface area contributed by atoms with E-state index in [4.69, 9.17) is 0 Å². The van der Waals surface area contributed by atoms with Crippen LogP contribution < -0.4 is 5.32 Å². The molecule has 0 radical (unpaired) electrons. The molecule has 2 heterocycles. The Morgan fingerprint density at radius 2 is 2.11 bits per heavy atom. The molecule has 2 aromatic rings. The Balaban J connectivity index is 2.31. The zero-order valence-electron chi connectivity index (χ0n) is 9.57. The standard InChI is InChI=1S/C11H11F3N4/c1-2-15-10-7-8(3-5-16-10)18-6-4-9(17-18)11(12,13)14/h3-7H,2H2,1H3,(H,15,16). The topological polar surface area (TPSA) is 42.7 Å². The summed E-state index contributed by atoms with van der Waals surface area (Å²) in [5.74, 6) is 0.596. The molecule has 0 aliphatic heterocycles. The molecule has 2 rings (SSSR count). The fourth-order valence-corrected chi connectivity index (χ4v) is 1.46. The average molecular weight is 256 g/mol. The summed E-state index contributed by atoms with van der Waals surface area (Å²) in [7, 11) is 0. The molecular formula is C11H11F3N4. The Kier molecular flexibility index (Phi) is 3.22. The Morgan fingerprint density at radius 1 is 1.33 bits per heavy atom. The van der Waals surface area contributed by atoms with E-state index in [1.165, 1.54) is 17.1 Å². The molecule has 1 N–H and O–H groups in total. The molecule has 96 valence electrons. The smallest absolute Gasteiger partial charge is 0.370 e. The summed E-state index contributed by atoms with van der Waals surface area (Å²) >= 11 is 0. The molecule has 0 unspecified atom stereocenters. The van der Waals surface area contributed by atoms with Gasteiger partial charge in [-0.1, -0.05) is 0 Å². The van der Waals surface area contributed by atoms with Gasteiger partial charge in [0.25, 0.3) is 0 Å². The van der Waals surface area contributed by atoms with Crippen molar-refractivity contribution in [1.82, 2.24) is 14.8 Å². The fourth-order valence-electron chi connectivity index (χ4n) is 1.46. The summed E-state index contributed by atoms with van der Waals surface area (Å²) in [5.41, 5.74) is -0.388. The first kappa shape index (κ1) is 12.4. The number of rotatable bonds is 3. The summed E-state index contributed by atoms with van der Waals surface area (Å²) in [6.45, 7) is 2.59. The predicted octanol–water partition coefficient (Wildman–Crippen LogP) is 2.72. The summed E-state index contributed by atoms with van der Waals surface area (Å²) in [6, 6.07) is 4.16. The van der Waals surface area contributed by atoms with Crippen LogP contribution in [0.3, 0.4) is 0 Å². The maximum Gasteiger partial charge on any atom is 0.435 e. The van der Waals surface area contributed by atoms with E-state index in [0.717, 1.165) is 6.07 Å². The number of nitrogens with zero attached hydrogens (tertiary/aromatic N) is 3. The maximum atomic E-state index is 12.4. The van der Waals surface area contributed by atoms with Gasteiger partial charge in [-0.2, -0.15) is 18.3 Å². The van der Waals surface area contributed by atoms with E-state index in [1.54, 1.807) is 12.1 Å². The summed E-state index contributed by atoms with van der Waals surface area (Å²) < 4.78 is 38.4. The summed E-state index contributed by atoms with van der Waals surface area (Å²) in [4.78, 5) is 4.04. The largest absolute Gasteiger partial charge is 0.435 e. The van der Waals surface area contributed by atoms with E-state index in [0.29, 0.717) is 18.1 Å². The third-order valence-electron chi connectivity index (χ3n) is 2.25. The van der Waals surface area contributed by atoms with Crippen molar-refractivity contribution in [1.29, 1.82) is 0 Å². The van der Waals surface area contributed by atoms with Gasteiger partial charge in [-0.15, -0.1) is 0 Å². The van der Waals surface area contributed by atoms with Gasteiger partial charge in [0, 0.05) is 25.0 Å². The molecule has 0 bridgehead atoms. The van der Waals surface area contributed by atoms with Gasteiger partial charge in [-0.25, -0.2) is 9.67 Å². The van der Waals surface area contributed by atoms with Gasteiger partial charge in [0.15, 0.2) is 5.69 Å². The monoisotopic (exact) mass is 256 g/mol. The van der Waals surface area contributed by atoms with Gasteiger partial charge >= 0.3 is 6.18 Å². The molecular weight excluding hydrogens is 245 g/mol. The van der Waals surface area contributed by atoms with Crippen molar-refractivity contribution in [2.75, 3.05) is 11.9 Å². The number of nitrogens with one attached hydrogen (secondary N) is 1. The van der Waals surface area contributed by atoms with Gasteiger partial charge in [0.1, 0.15) is 5.82 Å². The van der Waals surface area contributed by atoms with E-state index in [2.05, 4.69) is 15.4 Å². The third kappa shape index (κ3) is 2.61. The first-order valence-corrected chi connectivity index (χ1v) is 5.34. The first-order chi connectivity index (χ1) is 8.50. The van der Waals surface area contributed by atoms with Gasteiger partial charge < -0.3 is 5.32 Å². The van der Waals surface area contributed by atoms with Crippen molar-refractivity contribution in [3.05, 3.63) is 36.3 Å². The fraction of sp³-hybridized carbons (Fsp3) is 0.273. The minimum atomic E-state index is -4.43. The third-order valence-corrected chi connectivity index (χ3v) is 2.25. The van der Waals surface area contributed by atoms with Crippen LogP contribution in [0.5, 0.6) is 0 Å². The highest BCUT2D eigenvalue weighted by atomic mass is 19.4. The number of aromatic nitrogens is 3. The number of hydrogen-bond acceptors (Lipinski definition) is 3. The Bertz CT molecular complexity index is 533. The maximum absolute atomic E-state index is 12.4. The van der Waals surface area contributed by atoms with Crippen molar-refractivity contribution in [2.45, 2.75) is 13.1 Å². The molecule has 0 fully saturated rings. The van der Waals surface area contributed by atoms with Gasteiger partial charge in [-0.05, 0) is 19.1 Å². The molecule has 18 heavy (non-hydrogen) atoms. The lowest BCUT2D eigenvalue weighted by molar-refractivity contribution is -0.141. The summed E-state index contributed by atoms with van der Waals surface area (Å²) in [5, 5.41) is 6.47. The second-order valence-electron chi connectivity index (χ2n) is 3.57. The zero-order chi connectivity index (χ0) is 13.2. The van der Waals surface area contributed by atoms with E-state index < -0.39 is 11.9 Å². The molecule has 0 aromatic carbocycles. The Hall–Kier alpha value is -2.05. The van der Waals surface area contributed by atoms with Crippen molar-refractivity contribution in [3.8, 4) is 5.69 Å². The number of alkyl halides is 3. The zero-order valence-corrected chi connectivity index (χ0v) is 9.57. The van der Waals surface area contributed by atoms with E-state index in [-0.39, 0.29) is 0 Å². The van der Waals surface area contributed by atoms with Crippen molar-refractivity contribution < 1.29 is 13.2 Å². The van der Waals surface area contributed by atoms with Crippen molar-refractivity contribution >= 4 is 5.82 Å². The molecule has 2 aromatic heterocycles. The highest BCUT2D eigenvalue weighted by molar-refractivity contribution is 5.44. The molecule has 0 aliphatic rings. The van der Waals surface area contributed by atoms with Crippen molar-refractivity contribution in [3.63, 3.8) is 0 Å². The molecule has 0 amide bonds. The first-order valence-electron chi connectivity index (χ1n) is 5.34. The van der Waals surface area contributed by atoms with Crippen LogP contribution in [0.1, 0.15) is 12.6 Å². The van der Waals surface area contributed by atoms with Crippen LogP contribution in [-0.4, -0.2) is 21.3 Å². The minimum absolute atomic E-state index is 0.524. The average Bonchev–Trinajstić information content (AvgIpc) is 2.78. The van der Waals surface area contributed by atoms with Crippen molar-refractivity contribution in [2.24, 2.45) is 0 Å². The predicted molar refractivity (Wildman–Crippen MR) is 60.5 cm³/mol. The van der Waals surface area contributed by atoms with Crippen LogP contribution in [0.15, 0.2) is 30.6 Å². The minimum Gasteiger partial charge on any atom is -0.370 e. The number of hydrogen-bond donors (Lipinski definition) is 1. The number of anilines is 1. The molecule has 0 aliphatic carbocycles. The SMILES string of the molecule is CCNc1cc(-n2ccc(C(F)(F)F)n2)ccn1. The lowest BCUT2D eigenvalue weighted by Gasteiger charge is -2.05. The second kappa shape index (κ2) is 4.67. The van der Waals surface area contributed by atoms with E-state index >= 15 is 0 Å². The van der Waals surface area contributed by atoms with Crippen LogP contribution in [0.4, 0.5) is 19.0 Å². The quantitative estimate of drug-likeness (QED) is 0.918. The van der Waals surface area contributed by atoms with Crippen LogP contribution in [0, 0.1) is 0 Å². The molecule has 0 saturated carbocycles. The Morgan fingerprint density at radius 3 is 2.72 bits per heavy atom. The van der Waals surface area contributed by atoms with Crippen LogP contribution in [0.2, 0.25) is 0 Å². The van der Waals surface area contributed by atoms with Gasteiger partial charge in [0.2, 0.25) is 0 Å². The van der Waals surface area contributed by atoms with Gasteiger partial charge in [-0.3, -0.25) is 0 Å². The van der Waals surface area contributed by atoms with Crippen LogP contribution in [0.25, 0.3) is 5.69 Å². The molecule has 4 nitrogen and oxygen atoms in total. The van der Waals surface area contributed by atoms with E-state index in [9.17, 15) is 13.2 Å². The number of halogens is 3. The highest BCUT2D eigenvalue weighted by Crippen LogP contribution is 2.27. The number of pyridine rings is 1. The van der Waals surface area contributed by atoms with Crippen LogP contribution >= 0.6 is 0 Å². The normalized spacial score (nSPS) is 11.6. The molecule has 0 atom stereocenters. The Labute approximate surface area is 101 Å². The molecule has 7 heteroatoms. The second-order valence-corrected chi connectivity index (χ2v) is 3.57. The van der Waals surface area contributed by atoms with Crippen LogP contribution in [-0.2, 0) is 6.18 Å². The lowest BCUT2D eigenvalue weighted by atomic mass is 10.4. The highest BCUT2D eigenvalue weighted by Gasteiger charge is 2.33.